The number of aliphatic carboxylic acids is 6. The Morgan fingerprint density at radius 3 is 1.32 bits per heavy atom. The van der Waals surface area contributed by atoms with E-state index in [0.717, 1.165) is 41.8 Å². The maximum atomic E-state index is 13.4. The summed E-state index contributed by atoms with van der Waals surface area (Å²) < 4.78 is 44.3. The van der Waals surface area contributed by atoms with Crippen LogP contribution in [-0.4, -0.2) is 134 Å². The summed E-state index contributed by atoms with van der Waals surface area (Å²) in [6.07, 6.45) is 2.33. The lowest BCUT2D eigenvalue weighted by atomic mass is 10.0. The van der Waals surface area contributed by atoms with Gasteiger partial charge in [0.05, 0.1) is 45.5 Å². The lowest BCUT2D eigenvalue weighted by molar-refractivity contribution is -0.145. The van der Waals surface area contributed by atoms with E-state index in [-0.39, 0.29) is 54.4 Å². The number of nitrogens with zero attached hydrogens (tertiary/aromatic N) is 4. The van der Waals surface area contributed by atoms with Gasteiger partial charge in [-0.05, 0) is 85.5 Å². The first-order valence-corrected chi connectivity index (χ1v) is 27.4. The molecule has 3 heterocycles. The maximum Gasteiger partial charge on any atom is 0.332 e. The zero-order valence-electron chi connectivity index (χ0n) is 44.8. The van der Waals surface area contributed by atoms with Crippen LogP contribution in [0.5, 0.6) is 0 Å². The Balaban J connectivity index is 0.000000264. The standard InChI is InChI=1S/C18H21F2N3O5.C17H20BrN3O5S.C17H20FN3O5S/c1-10(2)5-14(16(24)25)21-15(17(26)27)9-22-3-4-23(18(22)28)13-7-11(19)6-12(20)8-13;2*1-8(2)5-11(15(23)24)19-12(16(25)26)7-14(22)21-17-20-10-4-3-9(18)6-13(10)27-17/h3-4,6-8,10,14-15,21H,5,9H2,1-2H3,(H,24,25)(H,26,27);2*3-4,6,8,11-12,19H,5,7H2,1-2H3,(H,23,24)(H,25,26)(H,20,21,22). The molecule has 24 nitrogen and oxygen atoms in total. The van der Waals surface area contributed by atoms with Gasteiger partial charge in [0.15, 0.2) is 10.3 Å². The van der Waals surface area contributed by atoms with Crippen molar-refractivity contribution in [2.24, 2.45) is 17.8 Å². The van der Waals surface area contributed by atoms with Crippen molar-refractivity contribution in [2.75, 3.05) is 10.6 Å². The van der Waals surface area contributed by atoms with Gasteiger partial charge in [0, 0.05) is 22.9 Å². The second-order valence-corrected chi connectivity index (χ2v) is 22.7. The number of carboxylic acids is 6. The van der Waals surface area contributed by atoms with E-state index in [2.05, 4.69) is 52.5 Å². The van der Waals surface area contributed by atoms with Gasteiger partial charge in [0.1, 0.15) is 53.7 Å². The molecule has 6 atom stereocenters. The number of nitrogens with one attached hydrogen (secondary N) is 5. The number of aromatic nitrogens is 4. The first-order chi connectivity index (χ1) is 38.4. The third-order valence-corrected chi connectivity index (χ3v) is 13.8. The molecule has 0 aliphatic heterocycles. The smallest absolute Gasteiger partial charge is 0.332 e. The molecule has 0 bridgehead atoms. The van der Waals surface area contributed by atoms with Gasteiger partial charge in [-0.15, -0.1) is 0 Å². The summed E-state index contributed by atoms with van der Waals surface area (Å²) in [6.45, 7) is 10.6. The topological polar surface area (TPSA) is 371 Å². The van der Waals surface area contributed by atoms with Crippen molar-refractivity contribution in [2.45, 2.75) is 116 Å². The molecule has 2 amide bonds. The second-order valence-electron chi connectivity index (χ2n) is 19.7. The number of halogens is 4. The number of hydrogen-bond acceptors (Lipinski definition) is 16. The molecule has 3 aromatic heterocycles. The van der Waals surface area contributed by atoms with E-state index < -0.39 is 120 Å². The van der Waals surface area contributed by atoms with Crippen molar-refractivity contribution in [3.05, 3.63) is 99.4 Å². The van der Waals surface area contributed by atoms with Crippen LogP contribution in [0.2, 0.25) is 0 Å². The number of imidazole rings is 1. The number of fused-ring (bicyclic) bond motifs is 2. The lowest BCUT2D eigenvalue weighted by Crippen LogP contribution is -2.50. The first-order valence-electron chi connectivity index (χ1n) is 25.0. The van der Waals surface area contributed by atoms with E-state index >= 15 is 0 Å². The van der Waals surface area contributed by atoms with Gasteiger partial charge < -0.3 is 41.3 Å². The second kappa shape index (κ2) is 31.0. The highest BCUT2D eigenvalue weighted by Crippen LogP contribution is 2.29. The number of thiazole rings is 2. The van der Waals surface area contributed by atoms with E-state index in [0.29, 0.717) is 26.9 Å². The van der Waals surface area contributed by atoms with Crippen molar-refractivity contribution in [1.82, 2.24) is 35.1 Å². The predicted molar refractivity (Wildman–Crippen MR) is 300 cm³/mol. The molecule has 444 valence electrons. The molecule has 0 aliphatic rings. The minimum Gasteiger partial charge on any atom is -0.480 e. The summed E-state index contributed by atoms with van der Waals surface area (Å²) >= 11 is 5.69. The monoisotopic (exact) mass is 1250 g/mol. The van der Waals surface area contributed by atoms with Gasteiger partial charge in [0.25, 0.3) is 0 Å². The quantitative estimate of drug-likeness (QED) is 0.0256. The van der Waals surface area contributed by atoms with Crippen LogP contribution in [0.1, 0.15) is 73.6 Å². The fourth-order valence-corrected chi connectivity index (χ4v) is 10.1. The van der Waals surface area contributed by atoms with Crippen molar-refractivity contribution < 1.29 is 82.2 Å². The van der Waals surface area contributed by atoms with E-state index in [9.17, 15) is 87.0 Å². The molecule has 6 rings (SSSR count). The summed E-state index contributed by atoms with van der Waals surface area (Å²) in [5, 5.41) is 69.1. The number of benzene rings is 3. The van der Waals surface area contributed by atoms with Crippen molar-refractivity contribution in [1.29, 1.82) is 0 Å². The highest BCUT2D eigenvalue weighted by atomic mass is 79.9. The van der Waals surface area contributed by atoms with Crippen molar-refractivity contribution in [3.63, 3.8) is 0 Å². The van der Waals surface area contributed by atoms with Crippen molar-refractivity contribution in [3.8, 4) is 5.69 Å². The van der Waals surface area contributed by atoms with Crippen LogP contribution in [0.15, 0.2) is 76.3 Å². The zero-order chi connectivity index (χ0) is 61.3. The Labute approximate surface area is 481 Å². The van der Waals surface area contributed by atoms with E-state index in [1.54, 1.807) is 19.9 Å². The summed E-state index contributed by atoms with van der Waals surface area (Å²) in [5.41, 5.74) is 0.458. The maximum absolute atomic E-state index is 13.4. The molecule has 0 aliphatic carbocycles. The molecular formula is C52H61BrF3N9O15S2. The molecular weight excluding hydrogens is 1190 g/mol. The highest BCUT2D eigenvalue weighted by Gasteiger charge is 2.31. The van der Waals surface area contributed by atoms with Gasteiger partial charge in [-0.1, -0.05) is 80.1 Å². The summed E-state index contributed by atoms with van der Waals surface area (Å²) in [6, 6.07) is 4.85. The predicted octanol–water partition coefficient (Wildman–Crippen LogP) is 6.69. The van der Waals surface area contributed by atoms with Crippen LogP contribution >= 0.6 is 38.6 Å². The Bertz CT molecular complexity index is 3160. The highest BCUT2D eigenvalue weighted by molar-refractivity contribution is 9.10. The SMILES string of the molecule is CC(C)CC(NC(CC(=O)Nc1nc2ccc(Br)cc2s1)C(=O)O)C(=O)O.CC(C)CC(NC(CC(=O)Nc1nc2ccc(F)cc2s1)C(=O)O)C(=O)O.CC(C)CC(NC(Cn1ccn(-c2cc(F)cc(F)c2)c1=O)C(=O)O)C(=O)O. The van der Waals surface area contributed by atoms with Crippen LogP contribution in [0.4, 0.5) is 23.4 Å². The third-order valence-electron chi connectivity index (χ3n) is 11.4. The van der Waals surface area contributed by atoms with E-state index in [4.69, 9.17) is 0 Å². The number of anilines is 2. The average molecular weight is 1250 g/mol. The molecule has 6 unspecified atom stereocenters. The molecule has 0 radical (unpaired) electrons. The van der Waals surface area contributed by atoms with Gasteiger partial charge >= 0.3 is 41.5 Å². The lowest BCUT2D eigenvalue weighted by Gasteiger charge is -2.21. The minimum absolute atomic E-state index is 0.00900. The summed E-state index contributed by atoms with van der Waals surface area (Å²) in [7, 11) is 0. The molecule has 82 heavy (non-hydrogen) atoms. The van der Waals surface area contributed by atoms with Gasteiger partial charge in [-0.2, -0.15) is 0 Å². The fraction of sp³-hybridized carbons (Fsp3) is 0.404. The number of carbonyl (C=O) groups is 8. The van der Waals surface area contributed by atoms with Gasteiger partial charge in [-0.25, -0.2) is 27.9 Å². The Hall–Kier alpha value is -7.64. The number of carboxylic acid groups (broad SMARTS) is 6. The number of amides is 2. The van der Waals surface area contributed by atoms with E-state index in [1.807, 2.05) is 39.8 Å². The van der Waals surface area contributed by atoms with Crippen LogP contribution in [0.3, 0.4) is 0 Å². The molecule has 0 saturated carbocycles. The normalized spacial score (nSPS) is 13.5. The number of carbonyl (C=O) groups excluding carboxylic acids is 2. The number of rotatable bonds is 27. The molecule has 0 saturated heterocycles. The molecule has 3 aromatic carbocycles. The Morgan fingerprint density at radius 1 is 0.524 bits per heavy atom. The molecule has 0 fully saturated rings. The van der Waals surface area contributed by atoms with Crippen LogP contribution < -0.4 is 32.3 Å². The van der Waals surface area contributed by atoms with Gasteiger partial charge in [0.2, 0.25) is 11.8 Å². The Morgan fingerprint density at radius 2 is 0.915 bits per heavy atom. The molecule has 6 aromatic rings. The van der Waals surface area contributed by atoms with Crippen molar-refractivity contribution >= 4 is 117 Å². The van der Waals surface area contributed by atoms with Crippen LogP contribution in [0, 0.1) is 35.2 Å². The first kappa shape index (κ1) is 66.9. The summed E-state index contributed by atoms with van der Waals surface area (Å²) in [5.74, 6) is -10.7. The number of hydrogen-bond donors (Lipinski definition) is 11. The minimum atomic E-state index is -1.36. The van der Waals surface area contributed by atoms with Crippen LogP contribution in [-0.2, 0) is 44.9 Å². The fourth-order valence-electron chi connectivity index (χ4n) is 7.74. The largest absolute Gasteiger partial charge is 0.480 e. The Kier molecular flexibility index (Phi) is 25.3. The van der Waals surface area contributed by atoms with E-state index in [1.165, 1.54) is 41.9 Å². The molecule has 30 heteroatoms. The molecule has 0 spiro atoms. The average Bonchev–Trinajstić information content (AvgIpc) is 4.15. The molecule has 11 N–H and O–H groups in total. The van der Waals surface area contributed by atoms with Gasteiger partial charge in [-0.3, -0.25) is 63.4 Å². The zero-order valence-corrected chi connectivity index (χ0v) is 48.0. The van der Waals surface area contributed by atoms with Crippen LogP contribution in [0.25, 0.3) is 26.1 Å². The summed E-state index contributed by atoms with van der Waals surface area (Å²) in [4.78, 5) is 114. The third kappa shape index (κ3) is 21.4.